The molecule has 0 aliphatic heterocycles. The van der Waals surface area contributed by atoms with Crippen LogP contribution in [0, 0.1) is 0 Å². The Bertz CT molecular complexity index is 345. The first kappa shape index (κ1) is 12.9. The number of aromatic nitrogens is 4. The highest BCUT2D eigenvalue weighted by Crippen LogP contribution is 2.14. The molecule has 2 N–H and O–H groups in total. The molecule has 0 aliphatic rings. The van der Waals surface area contributed by atoms with Gasteiger partial charge < -0.3 is 14.9 Å². The molecule has 1 heterocycles. The Morgan fingerprint density at radius 2 is 2.44 bits per heavy atom. The summed E-state index contributed by atoms with van der Waals surface area (Å²) in [7, 11) is 1.27. The Labute approximate surface area is 95.6 Å². The van der Waals surface area contributed by atoms with E-state index < -0.39 is 12.1 Å². The lowest BCUT2D eigenvalue weighted by Crippen LogP contribution is -2.17. The van der Waals surface area contributed by atoms with Crippen LogP contribution in [0.5, 0.6) is 0 Å². The van der Waals surface area contributed by atoms with Gasteiger partial charge in [0, 0.05) is 5.75 Å². The Morgan fingerprint density at radius 3 is 3.06 bits per heavy atom. The van der Waals surface area contributed by atoms with Crippen LogP contribution in [0.2, 0.25) is 0 Å². The number of aliphatic hydroxyl groups excluding tert-OH is 2. The average Bonchev–Trinajstić information content (AvgIpc) is 2.73. The van der Waals surface area contributed by atoms with Crippen LogP contribution >= 0.6 is 11.8 Å². The summed E-state index contributed by atoms with van der Waals surface area (Å²) < 4.78 is 5.74. The zero-order valence-corrected chi connectivity index (χ0v) is 9.42. The van der Waals surface area contributed by atoms with Crippen molar-refractivity contribution in [2.24, 2.45) is 0 Å². The van der Waals surface area contributed by atoms with Crippen LogP contribution < -0.4 is 0 Å². The topological polar surface area (TPSA) is 110 Å². The van der Waals surface area contributed by atoms with Crippen molar-refractivity contribution < 1.29 is 19.7 Å². The van der Waals surface area contributed by atoms with E-state index >= 15 is 0 Å². The summed E-state index contributed by atoms with van der Waals surface area (Å²) in [6.45, 7) is -0.410. The van der Waals surface area contributed by atoms with E-state index in [1.807, 2.05) is 0 Å². The van der Waals surface area contributed by atoms with Gasteiger partial charge in [-0.2, -0.15) is 0 Å². The number of thioether (sulfide) groups is 1. The molecule has 1 rings (SSSR count). The first-order valence-corrected chi connectivity index (χ1v) is 5.40. The highest BCUT2D eigenvalue weighted by molar-refractivity contribution is 7.99. The van der Waals surface area contributed by atoms with Crippen molar-refractivity contribution in [2.75, 3.05) is 19.5 Å². The van der Waals surface area contributed by atoms with Crippen molar-refractivity contribution in [2.45, 2.75) is 17.8 Å². The monoisotopic (exact) mass is 248 g/mol. The van der Waals surface area contributed by atoms with Crippen LogP contribution in [-0.4, -0.2) is 62.0 Å². The van der Waals surface area contributed by atoms with E-state index in [1.54, 1.807) is 0 Å². The van der Waals surface area contributed by atoms with E-state index in [2.05, 4.69) is 20.3 Å². The molecule has 0 saturated heterocycles. The number of rotatable bonds is 6. The van der Waals surface area contributed by atoms with Crippen molar-refractivity contribution in [3.63, 3.8) is 0 Å². The Hall–Kier alpha value is -1.19. The van der Waals surface area contributed by atoms with Crippen LogP contribution in [0.4, 0.5) is 0 Å². The van der Waals surface area contributed by atoms with Crippen LogP contribution in [0.1, 0.15) is 0 Å². The zero-order valence-electron chi connectivity index (χ0n) is 8.61. The maximum atomic E-state index is 11.0. The summed E-state index contributed by atoms with van der Waals surface area (Å²) in [5.74, 6) is -0.213. The zero-order chi connectivity index (χ0) is 12.0. The third kappa shape index (κ3) is 3.76. The second kappa shape index (κ2) is 6.40. The second-order valence-corrected chi connectivity index (χ2v) is 3.83. The summed E-state index contributed by atoms with van der Waals surface area (Å²) in [5, 5.41) is 28.8. The van der Waals surface area contributed by atoms with E-state index in [-0.39, 0.29) is 18.9 Å². The summed E-state index contributed by atoms with van der Waals surface area (Å²) in [4.78, 5) is 11.0. The number of nitrogens with zero attached hydrogens (tertiary/aromatic N) is 4. The van der Waals surface area contributed by atoms with Crippen LogP contribution in [0.3, 0.4) is 0 Å². The van der Waals surface area contributed by atoms with Gasteiger partial charge in [0.1, 0.15) is 6.54 Å². The molecule has 0 radical (unpaired) electrons. The summed E-state index contributed by atoms with van der Waals surface area (Å²) in [5.41, 5.74) is 0. The third-order valence-corrected chi connectivity index (χ3v) is 2.72. The fourth-order valence-electron chi connectivity index (χ4n) is 0.809. The van der Waals surface area contributed by atoms with Gasteiger partial charge >= 0.3 is 5.97 Å². The lowest BCUT2D eigenvalue weighted by atomic mass is 10.4. The van der Waals surface area contributed by atoms with Crippen molar-refractivity contribution in [3.05, 3.63) is 0 Å². The van der Waals surface area contributed by atoms with Crippen molar-refractivity contribution in [1.29, 1.82) is 0 Å². The van der Waals surface area contributed by atoms with E-state index in [0.29, 0.717) is 5.16 Å². The third-order valence-electron chi connectivity index (χ3n) is 1.62. The van der Waals surface area contributed by atoms with Crippen molar-refractivity contribution in [1.82, 2.24) is 20.2 Å². The molecule has 1 unspecified atom stereocenters. The molecule has 0 saturated carbocycles. The van der Waals surface area contributed by atoms with Gasteiger partial charge in [-0.25, -0.2) is 4.68 Å². The van der Waals surface area contributed by atoms with Gasteiger partial charge in [-0.15, -0.1) is 5.10 Å². The first-order chi connectivity index (χ1) is 7.67. The number of hydrogen-bond acceptors (Lipinski definition) is 8. The maximum absolute atomic E-state index is 11.0. The molecule has 8 nitrogen and oxygen atoms in total. The number of tetrazole rings is 1. The van der Waals surface area contributed by atoms with E-state index in [1.165, 1.54) is 11.8 Å². The van der Waals surface area contributed by atoms with Crippen molar-refractivity contribution >= 4 is 17.7 Å². The molecule has 0 amide bonds. The number of carbonyl (C=O) groups excluding carboxylic acids is 1. The molecule has 0 aromatic carbocycles. The highest BCUT2D eigenvalue weighted by Gasteiger charge is 2.12. The molecule has 1 aromatic heterocycles. The Kier molecular flexibility index (Phi) is 5.15. The Balaban J connectivity index is 2.53. The van der Waals surface area contributed by atoms with Crippen molar-refractivity contribution in [3.8, 4) is 0 Å². The fourth-order valence-corrected chi connectivity index (χ4v) is 1.60. The molecular formula is C7H12N4O4S. The van der Waals surface area contributed by atoms with Gasteiger partial charge in [-0.05, 0) is 10.4 Å². The summed E-state index contributed by atoms with van der Waals surface area (Å²) in [6, 6.07) is 0. The first-order valence-electron chi connectivity index (χ1n) is 4.42. The number of ether oxygens (including phenoxy) is 1. The van der Waals surface area contributed by atoms with E-state index in [9.17, 15) is 4.79 Å². The van der Waals surface area contributed by atoms with E-state index in [0.717, 1.165) is 11.8 Å². The summed E-state index contributed by atoms with van der Waals surface area (Å²) >= 11 is 1.15. The minimum absolute atomic E-state index is 0.0823. The molecule has 1 aromatic rings. The highest BCUT2D eigenvalue weighted by atomic mass is 32.2. The molecule has 0 spiro atoms. The molecule has 0 fully saturated rings. The normalized spacial score (nSPS) is 12.4. The molecule has 90 valence electrons. The molecule has 1 atom stereocenters. The minimum atomic E-state index is -0.840. The van der Waals surface area contributed by atoms with Gasteiger partial charge in [0.05, 0.1) is 19.8 Å². The molecular weight excluding hydrogens is 236 g/mol. The predicted molar refractivity (Wildman–Crippen MR) is 53.6 cm³/mol. The number of methoxy groups -OCH3 is 1. The summed E-state index contributed by atoms with van der Waals surface area (Å²) in [6.07, 6.45) is -0.840. The van der Waals surface area contributed by atoms with Crippen LogP contribution in [0.25, 0.3) is 0 Å². The number of hydrogen-bond donors (Lipinski definition) is 2. The number of esters is 1. The SMILES string of the molecule is COC(=O)Cn1nnnc1SCC(O)CO. The van der Waals surface area contributed by atoms with Gasteiger partial charge in [0.25, 0.3) is 0 Å². The number of aliphatic hydroxyl groups is 2. The van der Waals surface area contributed by atoms with Crippen LogP contribution in [-0.2, 0) is 16.1 Å². The Morgan fingerprint density at radius 1 is 1.69 bits per heavy atom. The predicted octanol–water partition coefficient (Wildman–Crippen LogP) is -1.71. The lowest BCUT2D eigenvalue weighted by Gasteiger charge is -2.05. The fraction of sp³-hybridized carbons (Fsp3) is 0.714. The van der Waals surface area contributed by atoms with Gasteiger partial charge in [-0.1, -0.05) is 11.8 Å². The minimum Gasteiger partial charge on any atom is -0.468 e. The standard InChI is InChI=1S/C7H12N4O4S/c1-15-6(14)2-11-7(8-9-10-11)16-4-5(13)3-12/h5,12-13H,2-4H2,1H3. The smallest absolute Gasteiger partial charge is 0.327 e. The average molecular weight is 248 g/mol. The molecule has 16 heavy (non-hydrogen) atoms. The number of carbonyl (C=O) groups is 1. The molecule has 0 bridgehead atoms. The quantitative estimate of drug-likeness (QED) is 0.452. The van der Waals surface area contributed by atoms with E-state index in [4.69, 9.17) is 10.2 Å². The van der Waals surface area contributed by atoms with Gasteiger partial charge in [0.2, 0.25) is 5.16 Å². The van der Waals surface area contributed by atoms with Gasteiger partial charge in [0.15, 0.2) is 0 Å². The largest absolute Gasteiger partial charge is 0.468 e. The molecule has 0 aliphatic carbocycles. The second-order valence-electron chi connectivity index (χ2n) is 2.84. The van der Waals surface area contributed by atoms with Crippen LogP contribution in [0.15, 0.2) is 5.16 Å². The lowest BCUT2D eigenvalue weighted by molar-refractivity contribution is -0.141. The van der Waals surface area contributed by atoms with Gasteiger partial charge in [-0.3, -0.25) is 4.79 Å². The molecule has 9 heteroatoms. The maximum Gasteiger partial charge on any atom is 0.327 e.